The van der Waals surface area contributed by atoms with Crippen LogP contribution in [0, 0.1) is 0 Å². The number of carbonyl (C=O) groups is 1. The van der Waals surface area contributed by atoms with Crippen LogP contribution in [0.5, 0.6) is 0 Å². The molecule has 2 amide bonds. The van der Waals surface area contributed by atoms with Crippen LogP contribution >= 0.6 is 11.6 Å². The second-order valence-electron chi connectivity index (χ2n) is 6.97. The van der Waals surface area contributed by atoms with Gasteiger partial charge in [-0.1, -0.05) is 24.1 Å². The van der Waals surface area contributed by atoms with Crippen LogP contribution in [-0.4, -0.2) is 48.1 Å². The average molecular weight is 350 g/mol. The van der Waals surface area contributed by atoms with E-state index in [-0.39, 0.29) is 6.03 Å². The van der Waals surface area contributed by atoms with Crippen LogP contribution in [0.3, 0.4) is 0 Å². The lowest BCUT2D eigenvalue weighted by Crippen LogP contribution is -2.47. The van der Waals surface area contributed by atoms with Crippen LogP contribution in [0.25, 0.3) is 0 Å². The molecule has 2 fully saturated rings. The zero-order valence-electron chi connectivity index (χ0n) is 14.3. The SMILES string of the molecule is O=C(Nc1cccc(Cl)c1)N1CCCC[C@H]1CCN1CCCCC1. The molecule has 0 radical (unpaired) electrons. The van der Waals surface area contributed by atoms with Crippen LogP contribution < -0.4 is 5.32 Å². The lowest BCUT2D eigenvalue weighted by Gasteiger charge is -2.37. The van der Waals surface area contributed by atoms with Gasteiger partial charge in [-0.15, -0.1) is 0 Å². The summed E-state index contributed by atoms with van der Waals surface area (Å²) in [5, 5.41) is 3.66. The third-order valence-electron chi connectivity index (χ3n) is 5.19. The number of rotatable bonds is 4. The molecule has 1 N–H and O–H groups in total. The van der Waals surface area contributed by atoms with Crippen molar-refractivity contribution in [3.05, 3.63) is 29.3 Å². The number of anilines is 1. The van der Waals surface area contributed by atoms with Gasteiger partial charge < -0.3 is 15.1 Å². The van der Waals surface area contributed by atoms with E-state index in [2.05, 4.69) is 10.2 Å². The Labute approximate surface area is 150 Å². The van der Waals surface area contributed by atoms with Crippen LogP contribution in [0.4, 0.5) is 10.5 Å². The molecular weight excluding hydrogens is 322 g/mol. The highest BCUT2D eigenvalue weighted by Gasteiger charge is 2.27. The van der Waals surface area contributed by atoms with Crippen molar-refractivity contribution in [2.24, 2.45) is 0 Å². The van der Waals surface area contributed by atoms with Crippen LogP contribution in [-0.2, 0) is 0 Å². The molecule has 1 aromatic rings. The van der Waals surface area contributed by atoms with Gasteiger partial charge in [0.05, 0.1) is 0 Å². The number of urea groups is 1. The third kappa shape index (κ3) is 4.87. The number of hydrogen-bond acceptors (Lipinski definition) is 2. The monoisotopic (exact) mass is 349 g/mol. The number of piperidine rings is 2. The molecular formula is C19H28ClN3O. The number of nitrogens with zero attached hydrogens (tertiary/aromatic N) is 2. The van der Waals surface area contributed by atoms with Gasteiger partial charge in [-0.25, -0.2) is 4.79 Å². The smallest absolute Gasteiger partial charge is 0.322 e. The summed E-state index contributed by atoms with van der Waals surface area (Å²) in [6.07, 6.45) is 8.55. The molecule has 4 nitrogen and oxygen atoms in total. The zero-order chi connectivity index (χ0) is 16.8. The molecule has 0 aromatic heterocycles. The molecule has 0 unspecified atom stereocenters. The molecule has 3 rings (SSSR count). The Morgan fingerprint density at radius 1 is 1.12 bits per heavy atom. The fraction of sp³-hybridized carbons (Fsp3) is 0.632. The molecule has 2 saturated heterocycles. The number of nitrogens with one attached hydrogen (secondary N) is 1. The lowest BCUT2D eigenvalue weighted by atomic mass is 9.99. The first-order valence-electron chi connectivity index (χ1n) is 9.28. The van der Waals surface area contributed by atoms with Crippen LogP contribution in [0.2, 0.25) is 5.02 Å². The van der Waals surface area contributed by atoms with Gasteiger partial charge in [0.25, 0.3) is 0 Å². The van der Waals surface area contributed by atoms with Gasteiger partial charge in [0.15, 0.2) is 0 Å². The lowest BCUT2D eigenvalue weighted by molar-refractivity contribution is 0.140. The maximum absolute atomic E-state index is 12.7. The van der Waals surface area contributed by atoms with Crippen molar-refractivity contribution >= 4 is 23.3 Å². The molecule has 1 aromatic carbocycles. The maximum atomic E-state index is 12.7. The Kier molecular flexibility index (Phi) is 6.38. The Balaban J connectivity index is 1.55. The van der Waals surface area contributed by atoms with Gasteiger partial charge in [-0.2, -0.15) is 0 Å². The molecule has 1 atom stereocenters. The third-order valence-corrected chi connectivity index (χ3v) is 5.43. The molecule has 0 aliphatic carbocycles. The van der Waals surface area contributed by atoms with E-state index in [0.29, 0.717) is 11.1 Å². The van der Waals surface area contributed by atoms with E-state index in [9.17, 15) is 4.79 Å². The number of likely N-dealkylation sites (tertiary alicyclic amines) is 2. The van der Waals surface area contributed by atoms with E-state index in [1.165, 1.54) is 38.8 Å². The van der Waals surface area contributed by atoms with Crippen molar-refractivity contribution in [3.63, 3.8) is 0 Å². The highest BCUT2D eigenvalue weighted by molar-refractivity contribution is 6.30. The van der Waals surface area contributed by atoms with Crippen molar-refractivity contribution in [1.29, 1.82) is 0 Å². The molecule has 5 heteroatoms. The Bertz CT molecular complexity index is 545. The van der Waals surface area contributed by atoms with E-state index in [1.54, 1.807) is 6.07 Å². The van der Waals surface area contributed by atoms with Crippen molar-refractivity contribution in [2.45, 2.75) is 51.0 Å². The Morgan fingerprint density at radius 2 is 1.92 bits per heavy atom. The molecule has 2 heterocycles. The summed E-state index contributed by atoms with van der Waals surface area (Å²) in [6, 6.07) is 7.74. The van der Waals surface area contributed by atoms with Gasteiger partial charge in [-0.3, -0.25) is 0 Å². The summed E-state index contributed by atoms with van der Waals surface area (Å²) in [5.41, 5.74) is 0.771. The van der Waals surface area contributed by atoms with E-state index in [4.69, 9.17) is 11.6 Å². The normalized spacial score (nSPS) is 22.4. The van der Waals surface area contributed by atoms with Gasteiger partial charge in [-0.05, 0) is 69.8 Å². The second kappa shape index (κ2) is 8.72. The predicted molar refractivity (Wildman–Crippen MR) is 99.7 cm³/mol. The highest BCUT2D eigenvalue weighted by Crippen LogP contribution is 2.23. The van der Waals surface area contributed by atoms with Crippen molar-refractivity contribution < 1.29 is 4.79 Å². The number of hydrogen-bond donors (Lipinski definition) is 1. The minimum absolute atomic E-state index is 0.0145. The molecule has 0 bridgehead atoms. The van der Waals surface area contributed by atoms with Crippen molar-refractivity contribution in [3.8, 4) is 0 Å². The second-order valence-corrected chi connectivity index (χ2v) is 7.41. The fourth-order valence-electron chi connectivity index (χ4n) is 3.84. The quantitative estimate of drug-likeness (QED) is 0.862. The van der Waals surface area contributed by atoms with Gasteiger partial charge >= 0.3 is 6.03 Å². The topological polar surface area (TPSA) is 35.6 Å². The Morgan fingerprint density at radius 3 is 2.71 bits per heavy atom. The van der Waals surface area contributed by atoms with Crippen LogP contribution in [0.1, 0.15) is 44.9 Å². The van der Waals surface area contributed by atoms with E-state index < -0.39 is 0 Å². The summed E-state index contributed by atoms with van der Waals surface area (Å²) in [7, 11) is 0. The summed E-state index contributed by atoms with van der Waals surface area (Å²) in [4.78, 5) is 17.3. The van der Waals surface area contributed by atoms with Gasteiger partial charge in [0.2, 0.25) is 0 Å². The van der Waals surface area contributed by atoms with E-state index in [1.807, 2.05) is 23.1 Å². The van der Waals surface area contributed by atoms with Gasteiger partial charge in [0, 0.05) is 29.8 Å². The molecule has 2 aliphatic heterocycles. The first-order valence-corrected chi connectivity index (χ1v) is 9.66. The molecule has 0 spiro atoms. The Hall–Kier alpha value is -1.26. The largest absolute Gasteiger partial charge is 0.322 e. The number of amides is 2. The van der Waals surface area contributed by atoms with E-state index in [0.717, 1.165) is 38.0 Å². The maximum Gasteiger partial charge on any atom is 0.322 e. The first kappa shape index (κ1) is 17.6. The minimum Gasteiger partial charge on any atom is -0.322 e. The van der Waals surface area contributed by atoms with Crippen molar-refractivity contribution in [2.75, 3.05) is 31.5 Å². The predicted octanol–water partition coefficient (Wildman–Crippen LogP) is 4.60. The summed E-state index contributed by atoms with van der Waals surface area (Å²) < 4.78 is 0. The molecule has 2 aliphatic rings. The van der Waals surface area contributed by atoms with Gasteiger partial charge in [0.1, 0.15) is 0 Å². The van der Waals surface area contributed by atoms with Crippen molar-refractivity contribution in [1.82, 2.24) is 9.80 Å². The molecule has 24 heavy (non-hydrogen) atoms. The average Bonchev–Trinajstić information content (AvgIpc) is 2.61. The first-order chi connectivity index (χ1) is 11.7. The highest BCUT2D eigenvalue weighted by atomic mass is 35.5. The zero-order valence-corrected chi connectivity index (χ0v) is 15.1. The number of halogens is 1. The minimum atomic E-state index is 0.0145. The summed E-state index contributed by atoms with van der Waals surface area (Å²) in [5.74, 6) is 0. The molecule has 132 valence electrons. The summed E-state index contributed by atoms with van der Waals surface area (Å²) >= 11 is 6.01. The standard InChI is InChI=1S/C19H28ClN3O/c20-16-7-6-8-17(15-16)21-19(24)23-13-5-2-9-18(23)10-14-22-11-3-1-4-12-22/h6-8,15,18H,1-5,9-14H2,(H,21,24)/t18-/m0/s1. The molecule has 0 saturated carbocycles. The number of benzene rings is 1. The summed E-state index contributed by atoms with van der Waals surface area (Å²) in [6.45, 7) is 4.42. The number of carbonyl (C=O) groups excluding carboxylic acids is 1. The van der Waals surface area contributed by atoms with E-state index >= 15 is 0 Å². The fourth-order valence-corrected chi connectivity index (χ4v) is 4.03. The van der Waals surface area contributed by atoms with Crippen LogP contribution in [0.15, 0.2) is 24.3 Å².